The van der Waals surface area contributed by atoms with Crippen molar-refractivity contribution in [3.8, 4) is 0 Å². The Bertz CT molecular complexity index is 479. The summed E-state index contributed by atoms with van der Waals surface area (Å²) < 4.78 is 0. The van der Waals surface area contributed by atoms with Gasteiger partial charge in [-0.15, -0.1) is 0 Å². The summed E-state index contributed by atoms with van der Waals surface area (Å²) in [5.74, 6) is 0.359. The molecule has 0 aliphatic heterocycles. The summed E-state index contributed by atoms with van der Waals surface area (Å²) in [6.45, 7) is 1.46. The number of carbonyl (C=O) groups is 1. The maximum Gasteiger partial charge on any atom is 0.223 e. The van der Waals surface area contributed by atoms with E-state index < -0.39 is 0 Å². The lowest BCUT2D eigenvalue weighted by molar-refractivity contribution is -0.125. The second-order valence-corrected chi connectivity index (χ2v) is 6.13. The van der Waals surface area contributed by atoms with E-state index in [4.69, 9.17) is 5.73 Å². The van der Waals surface area contributed by atoms with Crippen molar-refractivity contribution in [1.82, 2.24) is 5.32 Å². The van der Waals surface area contributed by atoms with Gasteiger partial charge < -0.3 is 11.1 Å². The second-order valence-electron chi connectivity index (χ2n) is 6.13. The van der Waals surface area contributed by atoms with Crippen LogP contribution < -0.4 is 11.1 Å². The number of aryl methyl sites for hydroxylation is 1. The highest BCUT2D eigenvalue weighted by Crippen LogP contribution is 2.43. The molecule has 1 amide bonds. The molecule has 0 radical (unpaired) electrons. The van der Waals surface area contributed by atoms with Crippen LogP contribution in [0.15, 0.2) is 24.3 Å². The second kappa shape index (κ2) is 4.97. The summed E-state index contributed by atoms with van der Waals surface area (Å²) >= 11 is 0. The van der Waals surface area contributed by atoms with Crippen LogP contribution in [0.1, 0.15) is 30.4 Å². The lowest BCUT2D eigenvalue weighted by Crippen LogP contribution is -2.39. The predicted octanol–water partition coefficient (Wildman–Crippen LogP) is 1.65. The van der Waals surface area contributed by atoms with E-state index in [9.17, 15) is 4.79 Å². The fourth-order valence-corrected chi connectivity index (χ4v) is 2.97. The Hall–Kier alpha value is -1.35. The van der Waals surface area contributed by atoms with Crippen LogP contribution in [0.2, 0.25) is 0 Å². The van der Waals surface area contributed by atoms with Gasteiger partial charge in [-0.3, -0.25) is 4.79 Å². The number of benzene rings is 1. The number of carbonyl (C=O) groups excluding carboxylic acids is 1. The van der Waals surface area contributed by atoms with Crippen molar-refractivity contribution in [3.05, 3.63) is 35.4 Å². The fourth-order valence-electron chi connectivity index (χ4n) is 2.97. The number of nitrogens with two attached hydrogens (primary N) is 1. The molecule has 0 heterocycles. The molecule has 1 unspecified atom stereocenters. The van der Waals surface area contributed by atoms with Crippen molar-refractivity contribution in [3.63, 3.8) is 0 Å². The van der Waals surface area contributed by atoms with Gasteiger partial charge in [0.2, 0.25) is 5.91 Å². The van der Waals surface area contributed by atoms with E-state index in [0.29, 0.717) is 6.54 Å². The van der Waals surface area contributed by atoms with Gasteiger partial charge in [-0.25, -0.2) is 0 Å². The Kier molecular flexibility index (Phi) is 3.31. The van der Waals surface area contributed by atoms with Gasteiger partial charge in [-0.2, -0.15) is 0 Å². The molecule has 3 nitrogen and oxygen atoms in total. The maximum atomic E-state index is 12.2. The van der Waals surface area contributed by atoms with Crippen molar-refractivity contribution in [2.45, 2.75) is 32.1 Å². The van der Waals surface area contributed by atoms with Crippen LogP contribution in [-0.2, 0) is 17.6 Å². The Morgan fingerprint density at radius 1 is 1.32 bits per heavy atom. The van der Waals surface area contributed by atoms with Crippen LogP contribution in [0.25, 0.3) is 0 Å². The molecule has 0 spiro atoms. The first-order valence-electron chi connectivity index (χ1n) is 7.27. The quantitative estimate of drug-likeness (QED) is 0.862. The molecule has 3 N–H and O–H groups in total. The molecule has 0 aromatic heterocycles. The van der Waals surface area contributed by atoms with E-state index in [1.54, 1.807) is 0 Å². The van der Waals surface area contributed by atoms with Crippen LogP contribution in [0.3, 0.4) is 0 Å². The molecule has 0 saturated heterocycles. The average molecular weight is 258 g/mol. The Labute approximate surface area is 114 Å². The van der Waals surface area contributed by atoms with Crippen LogP contribution in [0, 0.1) is 11.3 Å². The summed E-state index contributed by atoms with van der Waals surface area (Å²) in [5, 5.41) is 3.12. The molecule has 1 aromatic carbocycles. The summed E-state index contributed by atoms with van der Waals surface area (Å²) in [7, 11) is 0. The molecule has 1 fully saturated rings. The molecule has 102 valence electrons. The standard InChI is InChI=1S/C16H22N2O/c17-10-16(7-8-16)11-18-15(19)14-6-5-12-3-1-2-4-13(12)9-14/h1-4,14H,5-11,17H2,(H,18,19). The Morgan fingerprint density at radius 3 is 2.74 bits per heavy atom. The molecule has 1 saturated carbocycles. The third-order valence-corrected chi connectivity index (χ3v) is 4.75. The minimum Gasteiger partial charge on any atom is -0.355 e. The fraction of sp³-hybridized carbons (Fsp3) is 0.562. The molecular formula is C16H22N2O. The zero-order valence-electron chi connectivity index (χ0n) is 11.3. The Balaban J connectivity index is 1.57. The van der Waals surface area contributed by atoms with Crippen molar-refractivity contribution in [2.75, 3.05) is 13.1 Å². The maximum absolute atomic E-state index is 12.2. The molecule has 1 atom stereocenters. The summed E-state index contributed by atoms with van der Waals surface area (Å²) in [5.41, 5.74) is 8.72. The zero-order chi connectivity index (χ0) is 13.3. The topological polar surface area (TPSA) is 55.1 Å². The van der Waals surface area contributed by atoms with E-state index in [1.165, 1.54) is 11.1 Å². The smallest absolute Gasteiger partial charge is 0.223 e. The highest BCUT2D eigenvalue weighted by Gasteiger charge is 2.41. The van der Waals surface area contributed by atoms with Gasteiger partial charge in [0.1, 0.15) is 0 Å². The lowest BCUT2D eigenvalue weighted by Gasteiger charge is -2.24. The summed E-state index contributed by atoms with van der Waals surface area (Å²) in [6.07, 6.45) is 5.21. The normalized spacial score (nSPS) is 23.5. The van der Waals surface area contributed by atoms with Gasteiger partial charge in [0, 0.05) is 12.5 Å². The van der Waals surface area contributed by atoms with Crippen molar-refractivity contribution < 1.29 is 4.79 Å². The van der Waals surface area contributed by atoms with Crippen molar-refractivity contribution >= 4 is 5.91 Å². The number of hydrogen-bond acceptors (Lipinski definition) is 2. The molecule has 3 heteroatoms. The first kappa shape index (κ1) is 12.7. The third kappa shape index (κ3) is 2.66. The first-order chi connectivity index (χ1) is 9.22. The number of fused-ring (bicyclic) bond motifs is 1. The SMILES string of the molecule is NCC1(CNC(=O)C2CCc3ccccc3C2)CC1. The van der Waals surface area contributed by atoms with E-state index in [0.717, 1.165) is 38.6 Å². The number of hydrogen-bond donors (Lipinski definition) is 2. The summed E-state index contributed by atoms with van der Waals surface area (Å²) in [4.78, 5) is 12.2. The molecule has 19 heavy (non-hydrogen) atoms. The first-order valence-corrected chi connectivity index (χ1v) is 7.27. The van der Waals surface area contributed by atoms with E-state index >= 15 is 0 Å². The number of nitrogens with one attached hydrogen (secondary N) is 1. The summed E-state index contributed by atoms with van der Waals surface area (Å²) in [6, 6.07) is 8.47. The number of amides is 1. The van der Waals surface area contributed by atoms with E-state index in [1.807, 2.05) is 0 Å². The molecule has 0 bridgehead atoms. The highest BCUT2D eigenvalue weighted by atomic mass is 16.1. The predicted molar refractivity (Wildman–Crippen MR) is 75.7 cm³/mol. The van der Waals surface area contributed by atoms with Crippen molar-refractivity contribution in [1.29, 1.82) is 0 Å². The lowest BCUT2D eigenvalue weighted by atomic mass is 9.83. The Morgan fingerprint density at radius 2 is 2.05 bits per heavy atom. The average Bonchev–Trinajstić information content (AvgIpc) is 3.25. The van der Waals surface area contributed by atoms with Crippen LogP contribution in [-0.4, -0.2) is 19.0 Å². The largest absolute Gasteiger partial charge is 0.355 e. The van der Waals surface area contributed by atoms with Gasteiger partial charge >= 0.3 is 0 Å². The van der Waals surface area contributed by atoms with Gasteiger partial charge in [0.25, 0.3) is 0 Å². The molecule has 3 rings (SSSR count). The van der Waals surface area contributed by atoms with Gasteiger partial charge in [-0.1, -0.05) is 24.3 Å². The number of rotatable bonds is 4. The molecule has 1 aromatic rings. The monoisotopic (exact) mass is 258 g/mol. The minimum absolute atomic E-state index is 0.142. The van der Waals surface area contributed by atoms with Crippen LogP contribution in [0.5, 0.6) is 0 Å². The third-order valence-electron chi connectivity index (χ3n) is 4.75. The van der Waals surface area contributed by atoms with Gasteiger partial charge in [0.05, 0.1) is 0 Å². The molecule has 2 aliphatic carbocycles. The van der Waals surface area contributed by atoms with Crippen LogP contribution in [0.4, 0.5) is 0 Å². The minimum atomic E-state index is 0.142. The van der Waals surface area contributed by atoms with Crippen LogP contribution >= 0.6 is 0 Å². The molecule has 2 aliphatic rings. The van der Waals surface area contributed by atoms with E-state index in [-0.39, 0.29) is 17.2 Å². The van der Waals surface area contributed by atoms with Gasteiger partial charge in [-0.05, 0) is 55.2 Å². The highest BCUT2D eigenvalue weighted by molar-refractivity contribution is 5.79. The van der Waals surface area contributed by atoms with Crippen molar-refractivity contribution in [2.24, 2.45) is 17.1 Å². The zero-order valence-corrected chi connectivity index (χ0v) is 11.3. The molecular weight excluding hydrogens is 236 g/mol. The van der Waals surface area contributed by atoms with Gasteiger partial charge in [0.15, 0.2) is 0 Å². The van der Waals surface area contributed by atoms with E-state index in [2.05, 4.69) is 29.6 Å².